The first-order valence-corrected chi connectivity index (χ1v) is 10.5. The van der Waals surface area contributed by atoms with Crippen LogP contribution in [0.4, 0.5) is 0 Å². The largest absolute Gasteiger partial charge is 0.350 e. The van der Waals surface area contributed by atoms with E-state index in [0.29, 0.717) is 24.2 Å². The van der Waals surface area contributed by atoms with Crippen molar-refractivity contribution in [2.24, 2.45) is 0 Å². The van der Waals surface area contributed by atoms with Crippen molar-refractivity contribution in [3.8, 4) is 11.1 Å². The van der Waals surface area contributed by atoms with Crippen molar-refractivity contribution in [1.29, 1.82) is 0 Å². The fourth-order valence-corrected chi connectivity index (χ4v) is 4.08. The molecule has 1 aliphatic rings. The summed E-state index contributed by atoms with van der Waals surface area (Å²) in [5, 5.41) is 3.02. The van der Waals surface area contributed by atoms with Crippen molar-refractivity contribution in [2.45, 2.75) is 25.3 Å². The van der Waals surface area contributed by atoms with Crippen molar-refractivity contribution >= 4 is 11.8 Å². The Balaban J connectivity index is 1.52. The minimum absolute atomic E-state index is 0.00254. The number of carbonyl (C=O) groups excluding carboxylic acids is 2. The van der Waals surface area contributed by atoms with Gasteiger partial charge >= 0.3 is 0 Å². The van der Waals surface area contributed by atoms with Crippen LogP contribution in [0.15, 0.2) is 84.9 Å². The van der Waals surface area contributed by atoms with Crippen LogP contribution in [-0.4, -0.2) is 35.8 Å². The van der Waals surface area contributed by atoms with E-state index in [1.807, 2.05) is 77.7 Å². The Hall–Kier alpha value is -3.40. The summed E-state index contributed by atoms with van der Waals surface area (Å²) in [6.07, 6.45) is 2.95. The molecule has 4 rings (SSSR count). The van der Waals surface area contributed by atoms with Crippen LogP contribution in [0.1, 0.15) is 40.0 Å². The number of carbonyl (C=O) groups is 2. The number of rotatable bonds is 5. The number of nitrogens with one attached hydrogen (secondary N) is 1. The Kier molecular flexibility index (Phi) is 6.23. The molecule has 1 aliphatic heterocycles. The maximum absolute atomic E-state index is 13.5. The molecule has 0 spiro atoms. The molecule has 30 heavy (non-hydrogen) atoms. The molecule has 3 aromatic carbocycles. The van der Waals surface area contributed by atoms with Gasteiger partial charge in [0, 0.05) is 30.3 Å². The molecule has 1 atom stereocenters. The second-order valence-electron chi connectivity index (χ2n) is 7.64. The SMILES string of the molecule is O=C(NC[C@@H]1CCCCN1C(=O)c1ccccc1-c1ccccc1)c1ccccc1. The van der Waals surface area contributed by atoms with Crippen molar-refractivity contribution in [2.75, 3.05) is 13.1 Å². The molecular formula is C26H26N2O2. The van der Waals surface area contributed by atoms with Crippen molar-refractivity contribution in [1.82, 2.24) is 10.2 Å². The van der Waals surface area contributed by atoms with Gasteiger partial charge in [-0.1, -0.05) is 66.7 Å². The molecule has 4 nitrogen and oxygen atoms in total. The second-order valence-corrected chi connectivity index (χ2v) is 7.64. The molecule has 3 aromatic rings. The van der Waals surface area contributed by atoms with E-state index in [1.54, 1.807) is 12.1 Å². The first-order valence-electron chi connectivity index (χ1n) is 10.5. The maximum atomic E-state index is 13.5. The molecule has 0 saturated carbocycles. The van der Waals surface area contributed by atoms with Crippen LogP contribution in [0.25, 0.3) is 11.1 Å². The van der Waals surface area contributed by atoms with Gasteiger partial charge in [-0.3, -0.25) is 9.59 Å². The van der Waals surface area contributed by atoms with E-state index in [4.69, 9.17) is 0 Å². The van der Waals surface area contributed by atoms with Gasteiger partial charge in [0.15, 0.2) is 0 Å². The average molecular weight is 399 g/mol. The van der Waals surface area contributed by atoms with E-state index in [9.17, 15) is 9.59 Å². The molecule has 152 valence electrons. The van der Waals surface area contributed by atoms with E-state index in [-0.39, 0.29) is 17.9 Å². The first kappa shape index (κ1) is 19.9. The third kappa shape index (κ3) is 4.43. The predicted octanol–water partition coefficient (Wildman–Crippen LogP) is 4.78. The highest BCUT2D eigenvalue weighted by molar-refractivity contribution is 6.01. The van der Waals surface area contributed by atoms with Crippen LogP contribution in [0.3, 0.4) is 0 Å². The Morgan fingerprint density at radius 1 is 0.833 bits per heavy atom. The summed E-state index contributed by atoms with van der Waals surface area (Å²) in [6.45, 7) is 1.18. The lowest BCUT2D eigenvalue weighted by Gasteiger charge is -2.36. The Morgan fingerprint density at radius 2 is 1.50 bits per heavy atom. The summed E-state index contributed by atoms with van der Waals surface area (Å²) >= 11 is 0. The minimum Gasteiger partial charge on any atom is -0.350 e. The Bertz CT molecular complexity index is 1000. The predicted molar refractivity (Wildman–Crippen MR) is 119 cm³/mol. The number of hydrogen-bond donors (Lipinski definition) is 1. The van der Waals surface area contributed by atoms with Crippen LogP contribution < -0.4 is 5.32 Å². The second kappa shape index (κ2) is 9.40. The summed E-state index contributed by atoms with van der Waals surface area (Å²) in [5.41, 5.74) is 3.33. The summed E-state index contributed by atoms with van der Waals surface area (Å²) in [6, 6.07) is 27.0. The van der Waals surface area contributed by atoms with E-state index < -0.39 is 0 Å². The quantitative estimate of drug-likeness (QED) is 0.672. The lowest BCUT2D eigenvalue weighted by atomic mass is 9.96. The number of benzene rings is 3. The fraction of sp³-hybridized carbons (Fsp3) is 0.231. The van der Waals surface area contributed by atoms with E-state index in [1.165, 1.54) is 0 Å². The molecule has 1 heterocycles. The third-order valence-electron chi connectivity index (χ3n) is 5.66. The van der Waals surface area contributed by atoms with Crippen LogP contribution in [0, 0.1) is 0 Å². The molecule has 0 unspecified atom stereocenters. The van der Waals surface area contributed by atoms with Gasteiger partial charge in [0.1, 0.15) is 0 Å². The summed E-state index contributed by atoms with van der Waals surface area (Å²) < 4.78 is 0. The summed E-state index contributed by atoms with van der Waals surface area (Å²) in [4.78, 5) is 27.9. The van der Waals surface area contributed by atoms with E-state index >= 15 is 0 Å². The van der Waals surface area contributed by atoms with E-state index in [0.717, 1.165) is 30.4 Å². The van der Waals surface area contributed by atoms with Gasteiger partial charge in [0.25, 0.3) is 11.8 Å². The number of piperidine rings is 1. The van der Waals surface area contributed by atoms with Crippen LogP contribution >= 0.6 is 0 Å². The molecular weight excluding hydrogens is 372 g/mol. The molecule has 2 amide bonds. The van der Waals surface area contributed by atoms with Gasteiger partial charge in [0.2, 0.25) is 0 Å². The van der Waals surface area contributed by atoms with Gasteiger partial charge in [0.05, 0.1) is 0 Å². The zero-order valence-corrected chi connectivity index (χ0v) is 17.0. The smallest absolute Gasteiger partial charge is 0.254 e. The molecule has 1 saturated heterocycles. The minimum atomic E-state index is -0.0988. The monoisotopic (exact) mass is 398 g/mol. The van der Waals surface area contributed by atoms with Crippen molar-refractivity contribution < 1.29 is 9.59 Å². The Morgan fingerprint density at radius 3 is 2.27 bits per heavy atom. The highest BCUT2D eigenvalue weighted by Crippen LogP contribution is 2.27. The normalized spacial score (nSPS) is 16.1. The molecule has 0 aliphatic carbocycles. The lowest BCUT2D eigenvalue weighted by molar-refractivity contribution is 0.0603. The molecule has 1 N–H and O–H groups in total. The third-order valence-corrected chi connectivity index (χ3v) is 5.66. The first-order chi connectivity index (χ1) is 14.7. The van der Waals surface area contributed by atoms with E-state index in [2.05, 4.69) is 5.32 Å². The number of amides is 2. The van der Waals surface area contributed by atoms with Crippen molar-refractivity contribution in [3.63, 3.8) is 0 Å². The highest BCUT2D eigenvalue weighted by atomic mass is 16.2. The molecule has 0 radical (unpaired) electrons. The molecule has 0 aromatic heterocycles. The number of hydrogen-bond acceptors (Lipinski definition) is 2. The van der Waals surface area contributed by atoms with Crippen LogP contribution in [-0.2, 0) is 0 Å². The lowest BCUT2D eigenvalue weighted by Crippen LogP contribution is -2.49. The zero-order valence-electron chi connectivity index (χ0n) is 17.0. The zero-order chi connectivity index (χ0) is 20.8. The molecule has 4 heteroatoms. The van der Waals surface area contributed by atoms with Crippen LogP contribution in [0.5, 0.6) is 0 Å². The topological polar surface area (TPSA) is 49.4 Å². The van der Waals surface area contributed by atoms with Gasteiger partial charge < -0.3 is 10.2 Å². The summed E-state index contributed by atoms with van der Waals surface area (Å²) in [7, 11) is 0. The van der Waals surface area contributed by atoms with Crippen LogP contribution in [0.2, 0.25) is 0 Å². The van der Waals surface area contributed by atoms with Gasteiger partial charge in [-0.15, -0.1) is 0 Å². The number of likely N-dealkylation sites (tertiary alicyclic amines) is 1. The van der Waals surface area contributed by atoms with Gasteiger partial charge in [-0.05, 0) is 48.6 Å². The summed E-state index contributed by atoms with van der Waals surface area (Å²) in [5.74, 6) is -0.0635. The maximum Gasteiger partial charge on any atom is 0.254 e. The van der Waals surface area contributed by atoms with Gasteiger partial charge in [-0.25, -0.2) is 0 Å². The van der Waals surface area contributed by atoms with Crippen molar-refractivity contribution in [3.05, 3.63) is 96.1 Å². The average Bonchev–Trinajstić information content (AvgIpc) is 2.83. The highest BCUT2D eigenvalue weighted by Gasteiger charge is 2.29. The number of nitrogens with zero attached hydrogens (tertiary/aromatic N) is 1. The van der Waals surface area contributed by atoms with Gasteiger partial charge in [-0.2, -0.15) is 0 Å². The molecule has 0 bridgehead atoms. The fourth-order valence-electron chi connectivity index (χ4n) is 4.08. The standard InChI is InChI=1S/C26H26N2O2/c29-25(21-13-5-2-6-14-21)27-19-22-15-9-10-18-28(22)26(30)24-17-8-7-16-23(24)20-11-3-1-4-12-20/h1-8,11-14,16-17,22H,9-10,15,18-19H2,(H,27,29)/t22-/m0/s1. The molecule has 1 fully saturated rings. The Labute approximate surface area is 177 Å².